The summed E-state index contributed by atoms with van der Waals surface area (Å²) in [6.07, 6.45) is 7.40. The molecule has 6 nitrogen and oxygen atoms in total. The number of carbonyl (C=O) groups is 2. The van der Waals surface area contributed by atoms with Crippen molar-refractivity contribution in [2.45, 2.75) is 44.9 Å². The molecule has 8 rings (SSSR count). The van der Waals surface area contributed by atoms with Crippen molar-refractivity contribution in [3.8, 4) is 0 Å². The highest BCUT2D eigenvalue weighted by molar-refractivity contribution is 7.17. The average Bonchev–Trinajstić information content (AvgIpc) is 3.79. The maximum atomic E-state index is 12.8. The molecule has 0 radical (unpaired) electrons. The van der Waals surface area contributed by atoms with Crippen molar-refractivity contribution < 1.29 is 18.4 Å². The molecule has 2 aromatic carbocycles. The molecule has 0 spiro atoms. The Balaban J connectivity index is 0.000000135. The van der Waals surface area contributed by atoms with Gasteiger partial charge in [0.25, 0.3) is 0 Å². The average molecular weight is 581 g/mol. The molecule has 0 saturated heterocycles. The summed E-state index contributed by atoms with van der Waals surface area (Å²) in [6, 6.07) is 18.9. The van der Waals surface area contributed by atoms with Gasteiger partial charge >= 0.3 is 0 Å². The third kappa shape index (κ3) is 4.57. The number of para-hydroxylation sites is 2. The number of carbonyl (C=O) groups excluding carboxylic acids is 2. The first-order valence-corrected chi connectivity index (χ1v) is 15.5. The van der Waals surface area contributed by atoms with Crippen molar-refractivity contribution in [3.63, 3.8) is 0 Å². The lowest BCUT2D eigenvalue weighted by Crippen LogP contribution is -2.08. The standard InChI is InChI=1S/C17H15NO2S.C16H13NO2S/c18-17-15(11-6-2-4-8-14(11)21-17)16(19)13-9-10-5-1-3-7-12(10)20-13;17-16-14(10-5-3-7-13(10)20-16)15(18)12-8-9-4-1-2-6-11(9)19-12/h1,3,5,7,9H,2,4,6,8,18H2;1-2,4,6,8H,3,5,7,17H2. The number of benzene rings is 2. The van der Waals surface area contributed by atoms with Crippen molar-refractivity contribution in [3.05, 3.63) is 104 Å². The van der Waals surface area contributed by atoms with Gasteiger partial charge in [-0.15, -0.1) is 22.7 Å². The maximum Gasteiger partial charge on any atom is 0.231 e. The minimum Gasteiger partial charge on any atom is -0.453 e. The molecule has 0 saturated carbocycles. The summed E-state index contributed by atoms with van der Waals surface area (Å²) in [5.74, 6) is 0.598. The third-order valence-corrected chi connectivity index (χ3v) is 10.1. The zero-order chi connectivity index (χ0) is 28.1. The second-order valence-electron chi connectivity index (χ2n) is 10.5. The Hall–Kier alpha value is -4.14. The molecule has 0 aliphatic heterocycles. The summed E-state index contributed by atoms with van der Waals surface area (Å²) in [6.45, 7) is 0. The molecular formula is C33H28N2O4S2. The Morgan fingerprint density at radius 2 is 1.05 bits per heavy atom. The SMILES string of the molecule is Nc1sc2c(c1C(=O)c1cc3ccccc3o1)CCC2.Nc1sc2c(c1C(=O)c1cc3ccccc3o1)CCCC2. The van der Waals surface area contributed by atoms with E-state index in [9.17, 15) is 9.59 Å². The second kappa shape index (κ2) is 10.4. The first-order chi connectivity index (χ1) is 20.0. The summed E-state index contributed by atoms with van der Waals surface area (Å²) < 4.78 is 11.4. The number of rotatable bonds is 4. The number of furan rings is 2. The first-order valence-electron chi connectivity index (χ1n) is 13.8. The Labute approximate surface area is 244 Å². The molecule has 0 amide bonds. The molecule has 4 aromatic heterocycles. The zero-order valence-electron chi connectivity index (χ0n) is 22.3. The lowest BCUT2D eigenvalue weighted by atomic mass is 9.93. The van der Waals surface area contributed by atoms with Crippen LogP contribution < -0.4 is 11.5 Å². The molecule has 8 heteroatoms. The molecule has 0 bridgehead atoms. The van der Waals surface area contributed by atoms with E-state index in [2.05, 4.69) is 0 Å². The molecule has 4 heterocycles. The number of anilines is 2. The minimum absolute atomic E-state index is 0.0805. The fraction of sp³-hybridized carbons (Fsp3) is 0.212. The molecule has 6 aromatic rings. The van der Waals surface area contributed by atoms with Gasteiger partial charge in [-0.25, -0.2) is 0 Å². The van der Waals surface area contributed by atoms with Crippen LogP contribution >= 0.6 is 22.7 Å². The van der Waals surface area contributed by atoms with E-state index >= 15 is 0 Å². The number of nitrogens with two attached hydrogens (primary N) is 2. The van der Waals surface area contributed by atoms with Crippen LogP contribution in [-0.2, 0) is 25.7 Å². The number of thiophene rings is 2. The normalized spacial score (nSPS) is 14.0. The van der Waals surface area contributed by atoms with Gasteiger partial charge in [0.1, 0.15) is 11.2 Å². The molecule has 2 aliphatic rings. The molecule has 2 aliphatic carbocycles. The van der Waals surface area contributed by atoms with E-state index in [4.69, 9.17) is 20.3 Å². The van der Waals surface area contributed by atoms with Crippen LogP contribution in [-0.4, -0.2) is 11.6 Å². The first kappa shape index (κ1) is 25.8. The van der Waals surface area contributed by atoms with Gasteiger partial charge in [-0.1, -0.05) is 36.4 Å². The highest BCUT2D eigenvalue weighted by atomic mass is 32.1. The molecule has 41 heavy (non-hydrogen) atoms. The van der Waals surface area contributed by atoms with Gasteiger partial charge in [0.15, 0.2) is 11.5 Å². The molecular weight excluding hydrogens is 553 g/mol. The fourth-order valence-electron chi connectivity index (χ4n) is 5.94. The van der Waals surface area contributed by atoms with E-state index in [1.807, 2.05) is 54.6 Å². The van der Waals surface area contributed by atoms with Gasteiger partial charge in [-0.05, 0) is 80.3 Å². The van der Waals surface area contributed by atoms with Crippen LogP contribution in [0.5, 0.6) is 0 Å². The van der Waals surface area contributed by atoms with Gasteiger partial charge in [0, 0.05) is 20.5 Å². The summed E-state index contributed by atoms with van der Waals surface area (Å²) in [4.78, 5) is 28.0. The predicted octanol–water partition coefficient (Wildman–Crippen LogP) is 7.98. The molecule has 4 N–H and O–H groups in total. The molecule has 0 fully saturated rings. The largest absolute Gasteiger partial charge is 0.453 e. The smallest absolute Gasteiger partial charge is 0.231 e. The van der Waals surface area contributed by atoms with Crippen LogP contribution in [0.15, 0.2) is 69.5 Å². The third-order valence-electron chi connectivity index (χ3n) is 7.90. The maximum absolute atomic E-state index is 12.8. The number of aryl methyl sites for hydroxylation is 2. The van der Waals surface area contributed by atoms with E-state index < -0.39 is 0 Å². The summed E-state index contributed by atoms with van der Waals surface area (Å²) >= 11 is 3.11. The van der Waals surface area contributed by atoms with Gasteiger partial charge < -0.3 is 20.3 Å². The van der Waals surface area contributed by atoms with Gasteiger partial charge in [-0.2, -0.15) is 0 Å². The van der Waals surface area contributed by atoms with Crippen molar-refractivity contribution in [1.82, 2.24) is 0 Å². The van der Waals surface area contributed by atoms with Crippen LogP contribution in [0.1, 0.15) is 72.4 Å². The zero-order valence-corrected chi connectivity index (χ0v) is 24.0. The molecule has 0 unspecified atom stereocenters. The molecule has 206 valence electrons. The van der Waals surface area contributed by atoms with Gasteiger partial charge in [0.2, 0.25) is 11.6 Å². The summed E-state index contributed by atoms with van der Waals surface area (Å²) in [7, 11) is 0. The topological polar surface area (TPSA) is 112 Å². The van der Waals surface area contributed by atoms with E-state index in [1.165, 1.54) is 16.2 Å². The second-order valence-corrected chi connectivity index (χ2v) is 12.8. The number of hydrogen-bond donors (Lipinski definition) is 2. The van der Waals surface area contributed by atoms with Crippen molar-refractivity contribution in [2.75, 3.05) is 11.5 Å². The van der Waals surface area contributed by atoms with Crippen molar-refractivity contribution in [2.24, 2.45) is 0 Å². The Morgan fingerprint density at radius 1 is 0.610 bits per heavy atom. The van der Waals surface area contributed by atoms with E-state index in [0.717, 1.165) is 71.6 Å². The molecule has 0 atom stereocenters. The van der Waals surface area contributed by atoms with Crippen LogP contribution in [0.3, 0.4) is 0 Å². The Kier molecular flexibility index (Phi) is 6.52. The lowest BCUT2D eigenvalue weighted by molar-refractivity contribution is 0.100. The van der Waals surface area contributed by atoms with Crippen molar-refractivity contribution >= 4 is 66.2 Å². The van der Waals surface area contributed by atoms with E-state index in [-0.39, 0.29) is 11.6 Å². The van der Waals surface area contributed by atoms with Gasteiger partial charge in [-0.3, -0.25) is 9.59 Å². The van der Waals surface area contributed by atoms with Crippen LogP contribution in [0.2, 0.25) is 0 Å². The fourth-order valence-corrected chi connectivity index (χ4v) is 8.26. The van der Waals surface area contributed by atoms with Crippen LogP contribution in [0.4, 0.5) is 10.0 Å². The number of ketones is 2. The highest BCUT2D eigenvalue weighted by Gasteiger charge is 2.28. The van der Waals surface area contributed by atoms with Crippen LogP contribution in [0.25, 0.3) is 21.9 Å². The van der Waals surface area contributed by atoms with Crippen LogP contribution in [0, 0.1) is 0 Å². The number of fused-ring (bicyclic) bond motifs is 4. The quantitative estimate of drug-likeness (QED) is 0.204. The summed E-state index contributed by atoms with van der Waals surface area (Å²) in [5.41, 5.74) is 17.3. The van der Waals surface area contributed by atoms with Gasteiger partial charge in [0.05, 0.1) is 21.1 Å². The van der Waals surface area contributed by atoms with E-state index in [0.29, 0.717) is 32.6 Å². The predicted molar refractivity (Wildman–Crippen MR) is 165 cm³/mol. The number of hydrogen-bond acceptors (Lipinski definition) is 8. The lowest BCUT2D eigenvalue weighted by Gasteiger charge is -2.11. The minimum atomic E-state index is -0.0851. The van der Waals surface area contributed by atoms with E-state index in [1.54, 1.807) is 28.7 Å². The Bertz CT molecular complexity index is 1890. The monoisotopic (exact) mass is 580 g/mol. The number of nitrogen functional groups attached to an aromatic ring is 2. The van der Waals surface area contributed by atoms with Crippen molar-refractivity contribution in [1.29, 1.82) is 0 Å². The Morgan fingerprint density at radius 3 is 1.56 bits per heavy atom. The summed E-state index contributed by atoms with van der Waals surface area (Å²) in [5, 5.41) is 3.15. The highest BCUT2D eigenvalue weighted by Crippen LogP contribution is 2.39.